The third-order valence-corrected chi connectivity index (χ3v) is 19.6. The molecule has 0 bridgehead atoms. The number of hydrogen-bond donors (Lipinski definition) is 3. The van der Waals surface area contributed by atoms with Crippen molar-refractivity contribution in [3.8, 4) is 0 Å². The highest BCUT2D eigenvalue weighted by molar-refractivity contribution is 6.74. The number of nitrogens with one attached hydrogen (secondary N) is 3. The summed E-state index contributed by atoms with van der Waals surface area (Å²) in [6, 6.07) is 2.05. The summed E-state index contributed by atoms with van der Waals surface area (Å²) < 4.78 is 12.7. The van der Waals surface area contributed by atoms with Crippen LogP contribution >= 0.6 is 0 Å². The lowest BCUT2D eigenvalue weighted by atomic mass is 10.1. The Morgan fingerprint density at radius 2 is 1.22 bits per heavy atom. The van der Waals surface area contributed by atoms with Crippen LogP contribution in [0.2, 0.25) is 36.3 Å². The van der Waals surface area contributed by atoms with Gasteiger partial charge in [-0.1, -0.05) is 41.5 Å². The van der Waals surface area contributed by atoms with Gasteiger partial charge in [0.25, 0.3) is 0 Å². The summed E-state index contributed by atoms with van der Waals surface area (Å²) in [6.45, 7) is 36.8. The predicted octanol–water partition coefficient (Wildman–Crippen LogP) is 2.77. The normalized spacial score (nSPS) is 28.8. The molecule has 2 unspecified atom stereocenters. The second kappa shape index (κ2) is 14.2. The standard InChI is InChI=1S/C16H33N3O2Si.C14H31N3OSi/c1-13(20)18-7-8-19-10-14(17-9-15(19)11-18)12-21-22(5,6)16(2,3)4;1-14(2,3)19(4,5)18-11-12-10-17-7-6-15-8-13(17)9-16-12/h14-15,17H,7-12H2,1-6H3;12-13,15-16H,6-11H2,1-5H3/t14-,15?;12-,13?/m00/s1. The van der Waals surface area contributed by atoms with Gasteiger partial charge in [-0.15, -0.1) is 0 Å². The van der Waals surface area contributed by atoms with Gasteiger partial charge < -0.3 is 29.7 Å². The molecule has 4 aliphatic rings. The average molecular weight is 613 g/mol. The molecule has 1 amide bonds. The topological polar surface area (TPSA) is 81.3 Å². The molecule has 4 atom stereocenters. The third kappa shape index (κ3) is 9.81. The lowest BCUT2D eigenvalue weighted by molar-refractivity contribution is -0.132. The third-order valence-electron chi connectivity index (χ3n) is 10.6. The average Bonchev–Trinajstić information content (AvgIpc) is 2.89. The number of carbonyl (C=O) groups excluding carboxylic acids is 1. The first-order chi connectivity index (χ1) is 18.9. The number of hydrogen-bond acceptors (Lipinski definition) is 8. The van der Waals surface area contributed by atoms with E-state index in [0.717, 1.165) is 72.1 Å². The van der Waals surface area contributed by atoms with Crippen LogP contribution in [-0.2, 0) is 13.6 Å². The predicted molar refractivity (Wildman–Crippen MR) is 176 cm³/mol. The zero-order valence-electron chi connectivity index (χ0n) is 28.4. The van der Waals surface area contributed by atoms with Crippen LogP contribution < -0.4 is 16.0 Å². The van der Waals surface area contributed by atoms with Crippen molar-refractivity contribution in [1.82, 2.24) is 30.7 Å². The first-order valence-electron chi connectivity index (χ1n) is 16.1. The molecular weight excluding hydrogens is 549 g/mol. The van der Waals surface area contributed by atoms with E-state index in [9.17, 15) is 4.79 Å². The summed E-state index contributed by atoms with van der Waals surface area (Å²) in [7, 11) is -3.27. The van der Waals surface area contributed by atoms with Crippen LogP contribution in [-0.4, -0.2) is 140 Å². The van der Waals surface area contributed by atoms with E-state index >= 15 is 0 Å². The Morgan fingerprint density at radius 1 is 0.732 bits per heavy atom. The van der Waals surface area contributed by atoms with Gasteiger partial charge in [-0.2, -0.15) is 0 Å². The monoisotopic (exact) mass is 612 g/mol. The molecule has 240 valence electrons. The van der Waals surface area contributed by atoms with Crippen LogP contribution in [0.25, 0.3) is 0 Å². The van der Waals surface area contributed by atoms with Crippen LogP contribution in [0.4, 0.5) is 0 Å². The largest absolute Gasteiger partial charge is 0.415 e. The van der Waals surface area contributed by atoms with Gasteiger partial charge >= 0.3 is 0 Å². The lowest BCUT2D eigenvalue weighted by Crippen LogP contribution is -2.65. The molecule has 0 aromatic heterocycles. The maximum absolute atomic E-state index is 11.5. The van der Waals surface area contributed by atoms with Gasteiger partial charge in [-0.3, -0.25) is 14.6 Å². The molecule has 11 heteroatoms. The number of piperazine rings is 4. The highest BCUT2D eigenvalue weighted by Gasteiger charge is 2.40. The SMILES string of the molecule is CC(=O)N1CCN2C[C@@H](CO[Si](C)(C)C(C)(C)C)NCC2C1.CC(C)(C)[Si](C)(C)OC[C@@H]1CN2CCNCC2CN1. The summed E-state index contributed by atoms with van der Waals surface area (Å²) in [5, 5.41) is 11.3. The van der Waals surface area contributed by atoms with Gasteiger partial charge in [0.15, 0.2) is 16.6 Å². The molecule has 4 heterocycles. The molecule has 41 heavy (non-hydrogen) atoms. The lowest BCUT2D eigenvalue weighted by Gasteiger charge is -2.47. The summed E-state index contributed by atoms with van der Waals surface area (Å²) in [5.74, 6) is 0.197. The number of rotatable bonds is 6. The minimum absolute atomic E-state index is 0.197. The maximum Gasteiger partial charge on any atom is 0.219 e. The van der Waals surface area contributed by atoms with Gasteiger partial charge in [-0.25, -0.2) is 0 Å². The van der Waals surface area contributed by atoms with Crippen molar-refractivity contribution in [1.29, 1.82) is 0 Å². The van der Waals surface area contributed by atoms with E-state index in [1.165, 1.54) is 6.54 Å². The molecule has 4 aliphatic heterocycles. The first-order valence-corrected chi connectivity index (χ1v) is 21.9. The summed E-state index contributed by atoms with van der Waals surface area (Å²) in [5.41, 5.74) is 0. The number of amides is 1. The fraction of sp³-hybridized carbons (Fsp3) is 0.967. The fourth-order valence-corrected chi connectivity index (χ4v) is 7.53. The van der Waals surface area contributed by atoms with Crippen molar-refractivity contribution in [2.45, 2.75) is 109 Å². The number of carbonyl (C=O) groups is 1. The Balaban J connectivity index is 0.000000228. The molecule has 4 rings (SSSR count). The molecule has 0 aromatic carbocycles. The number of nitrogens with zero attached hydrogens (tertiary/aromatic N) is 3. The van der Waals surface area contributed by atoms with Gasteiger partial charge in [0.1, 0.15) is 0 Å². The van der Waals surface area contributed by atoms with Gasteiger partial charge in [-0.05, 0) is 36.3 Å². The molecule has 0 radical (unpaired) electrons. The van der Waals surface area contributed by atoms with Crippen LogP contribution in [0.1, 0.15) is 48.5 Å². The van der Waals surface area contributed by atoms with E-state index in [1.807, 2.05) is 4.90 Å². The highest BCUT2D eigenvalue weighted by Crippen LogP contribution is 2.37. The zero-order valence-corrected chi connectivity index (χ0v) is 30.4. The second-order valence-electron chi connectivity index (χ2n) is 15.8. The van der Waals surface area contributed by atoms with Gasteiger partial charge in [0.2, 0.25) is 5.91 Å². The molecule has 0 aliphatic carbocycles. The van der Waals surface area contributed by atoms with Crippen LogP contribution in [0.15, 0.2) is 0 Å². The van der Waals surface area contributed by atoms with Crippen molar-refractivity contribution < 1.29 is 13.6 Å². The minimum Gasteiger partial charge on any atom is -0.415 e. The summed E-state index contributed by atoms with van der Waals surface area (Å²) >= 11 is 0. The molecule has 4 saturated heterocycles. The van der Waals surface area contributed by atoms with E-state index in [1.54, 1.807) is 6.92 Å². The zero-order chi connectivity index (χ0) is 30.6. The van der Waals surface area contributed by atoms with E-state index in [2.05, 4.69) is 93.5 Å². The molecular formula is C30H64N6O3Si2. The Kier molecular flexibility index (Phi) is 12.1. The Morgan fingerprint density at radius 3 is 1.71 bits per heavy atom. The molecule has 0 spiro atoms. The van der Waals surface area contributed by atoms with E-state index < -0.39 is 16.6 Å². The fourth-order valence-electron chi connectivity index (χ4n) is 5.43. The second-order valence-corrected chi connectivity index (χ2v) is 25.4. The van der Waals surface area contributed by atoms with Crippen molar-refractivity contribution in [3.05, 3.63) is 0 Å². The highest BCUT2D eigenvalue weighted by atomic mass is 28.4. The smallest absolute Gasteiger partial charge is 0.219 e. The van der Waals surface area contributed by atoms with Gasteiger partial charge in [0, 0.05) is 96.5 Å². The first kappa shape index (κ1) is 35.1. The van der Waals surface area contributed by atoms with Crippen LogP contribution in [0, 0.1) is 0 Å². The summed E-state index contributed by atoms with van der Waals surface area (Å²) in [4.78, 5) is 18.6. The quantitative estimate of drug-likeness (QED) is 0.396. The Labute approximate surface area is 254 Å². The minimum atomic E-state index is -1.67. The van der Waals surface area contributed by atoms with E-state index in [4.69, 9.17) is 8.85 Å². The van der Waals surface area contributed by atoms with E-state index in [-0.39, 0.29) is 10.9 Å². The number of fused-ring (bicyclic) bond motifs is 2. The maximum atomic E-state index is 11.5. The van der Waals surface area contributed by atoms with Crippen LogP contribution in [0.5, 0.6) is 0 Å². The summed E-state index contributed by atoms with van der Waals surface area (Å²) in [6.07, 6.45) is 0. The van der Waals surface area contributed by atoms with Crippen molar-refractivity contribution in [3.63, 3.8) is 0 Å². The molecule has 0 aromatic rings. The van der Waals surface area contributed by atoms with Crippen molar-refractivity contribution in [2.24, 2.45) is 0 Å². The van der Waals surface area contributed by atoms with Crippen molar-refractivity contribution in [2.75, 3.05) is 78.7 Å². The van der Waals surface area contributed by atoms with E-state index in [0.29, 0.717) is 29.2 Å². The Bertz CT molecular complexity index is 847. The Hall–Kier alpha value is -0.376. The molecule has 4 fully saturated rings. The van der Waals surface area contributed by atoms with Gasteiger partial charge in [0.05, 0.1) is 13.2 Å². The molecule has 0 saturated carbocycles. The molecule has 3 N–H and O–H groups in total. The van der Waals surface area contributed by atoms with Crippen molar-refractivity contribution >= 4 is 22.5 Å². The van der Waals surface area contributed by atoms with Crippen LogP contribution in [0.3, 0.4) is 0 Å². The molecule has 9 nitrogen and oxygen atoms in total.